The molecule has 246 valence electrons. The minimum Gasteiger partial charge on any atom is -0.445 e. The Balaban J connectivity index is 1.69. The standard InChI is InChI=1S/C30H42N4O10Si/c1-30(2,3)45(4,5)44-26-16-27(32(18-26)29(37)43-20-22-8-12-25(13-9-22)34(40)41)23(14-15-35)17-31-28(36)42-19-21-6-10-24(11-7-21)33(38)39/h6-13,23,26-27,35H,14-20H2,1-5H3,(H,31,36)/t23?,26-,27+/m1/s1. The zero-order valence-electron chi connectivity index (χ0n) is 26.3. The molecule has 1 fully saturated rings. The van der Waals surface area contributed by atoms with Crippen molar-refractivity contribution in [2.45, 2.75) is 77.1 Å². The van der Waals surface area contributed by atoms with Crippen molar-refractivity contribution in [2.75, 3.05) is 19.7 Å². The Labute approximate surface area is 263 Å². The highest BCUT2D eigenvalue weighted by Crippen LogP contribution is 2.40. The van der Waals surface area contributed by atoms with Crippen LogP contribution in [-0.2, 0) is 27.1 Å². The number of carbonyl (C=O) groups excluding carboxylic acids is 2. The van der Waals surface area contributed by atoms with Crippen molar-refractivity contribution < 1.29 is 38.4 Å². The number of aliphatic hydroxyl groups is 1. The number of non-ortho nitro benzene ring substituents is 2. The summed E-state index contributed by atoms with van der Waals surface area (Å²) < 4.78 is 17.5. The van der Waals surface area contributed by atoms with Crippen LogP contribution in [0.25, 0.3) is 0 Å². The number of nitro benzene ring substituents is 2. The van der Waals surface area contributed by atoms with Crippen molar-refractivity contribution in [1.82, 2.24) is 10.2 Å². The summed E-state index contributed by atoms with van der Waals surface area (Å²) >= 11 is 0. The molecule has 0 aliphatic carbocycles. The van der Waals surface area contributed by atoms with E-state index < -0.39 is 36.4 Å². The number of nitrogens with zero attached hydrogens (tertiary/aromatic N) is 3. The van der Waals surface area contributed by atoms with Gasteiger partial charge < -0.3 is 29.2 Å². The molecule has 0 saturated carbocycles. The lowest BCUT2D eigenvalue weighted by Crippen LogP contribution is -2.45. The predicted octanol–water partition coefficient (Wildman–Crippen LogP) is 5.53. The minimum absolute atomic E-state index is 0.0637. The third-order valence-corrected chi connectivity index (χ3v) is 12.9. The van der Waals surface area contributed by atoms with Gasteiger partial charge in [0.25, 0.3) is 11.4 Å². The SMILES string of the molecule is CC(C)(C)[Si](C)(C)O[C@@H]1C[C@@H](C(CCO)CNC(=O)OCc2ccc([N+](=O)[O-])cc2)N(C(=O)OCc2ccc([N+](=O)[O-])cc2)C1. The van der Waals surface area contributed by atoms with Gasteiger partial charge in [-0.2, -0.15) is 0 Å². The van der Waals surface area contributed by atoms with Crippen LogP contribution in [0.1, 0.15) is 44.7 Å². The van der Waals surface area contributed by atoms with E-state index >= 15 is 0 Å². The van der Waals surface area contributed by atoms with Crippen LogP contribution in [0.5, 0.6) is 0 Å². The van der Waals surface area contributed by atoms with Crippen LogP contribution >= 0.6 is 0 Å². The van der Waals surface area contributed by atoms with E-state index in [4.69, 9.17) is 13.9 Å². The monoisotopic (exact) mass is 646 g/mol. The number of ether oxygens (including phenoxy) is 2. The first kappa shape index (κ1) is 35.4. The van der Waals surface area contributed by atoms with E-state index in [0.29, 0.717) is 17.5 Å². The second kappa shape index (κ2) is 15.3. The molecule has 1 heterocycles. The van der Waals surface area contributed by atoms with Gasteiger partial charge in [0.2, 0.25) is 0 Å². The molecule has 2 N–H and O–H groups in total. The smallest absolute Gasteiger partial charge is 0.410 e. The largest absolute Gasteiger partial charge is 0.445 e. The van der Waals surface area contributed by atoms with Crippen LogP contribution in [0.15, 0.2) is 48.5 Å². The zero-order valence-corrected chi connectivity index (χ0v) is 27.3. The summed E-state index contributed by atoms with van der Waals surface area (Å²) in [4.78, 5) is 48.3. The van der Waals surface area contributed by atoms with Crippen LogP contribution in [0, 0.1) is 26.1 Å². The maximum atomic E-state index is 13.4. The molecular weight excluding hydrogens is 604 g/mol. The third kappa shape index (κ3) is 9.96. The molecule has 1 aliphatic heterocycles. The Kier molecular flexibility index (Phi) is 12.0. The number of nitro groups is 2. The predicted molar refractivity (Wildman–Crippen MR) is 167 cm³/mol. The first-order valence-electron chi connectivity index (χ1n) is 14.7. The quantitative estimate of drug-likeness (QED) is 0.159. The van der Waals surface area contributed by atoms with Crippen LogP contribution in [0.3, 0.4) is 0 Å². The molecule has 2 amide bonds. The van der Waals surface area contributed by atoms with Gasteiger partial charge in [0.15, 0.2) is 8.32 Å². The lowest BCUT2D eigenvalue weighted by molar-refractivity contribution is -0.385. The summed E-state index contributed by atoms with van der Waals surface area (Å²) in [6, 6.07) is 11.0. The van der Waals surface area contributed by atoms with E-state index in [1.807, 2.05) is 0 Å². The molecule has 1 unspecified atom stereocenters. The van der Waals surface area contributed by atoms with Gasteiger partial charge in [0, 0.05) is 50.0 Å². The van der Waals surface area contributed by atoms with Crippen molar-refractivity contribution in [2.24, 2.45) is 5.92 Å². The number of hydrogen-bond donors (Lipinski definition) is 2. The number of aliphatic hydroxyl groups excluding tert-OH is 1. The van der Waals surface area contributed by atoms with E-state index in [9.17, 15) is 34.9 Å². The summed E-state index contributed by atoms with van der Waals surface area (Å²) in [5.41, 5.74) is 1.02. The summed E-state index contributed by atoms with van der Waals surface area (Å²) in [7, 11) is -2.20. The van der Waals surface area contributed by atoms with Crippen molar-refractivity contribution >= 4 is 31.9 Å². The number of rotatable bonds is 13. The van der Waals surface area contributed by atoms with Gasteiger partial charge in [0.05, 0.1) is 16.0 Å². The van der Waals surface area contributed by atoms with Crippen molar-refractivity contribution in [3.05, 3.63) is 79.9 Å². The molecule has 45 heavy (non-hydrogen) atoms. The molecular formula is C30H42N4O10Si. The summed E-state index contributed by atoms with van der Waals surface area (Å²) in [6.07, 6.45) is -0.826. The summed E-state index contributed by atoms with van der Waals surface area (Å²) in [5.74, 6) is -0.359. The molecule has 0 aromatic heterocycles. The van der Waals surface area contributed by atoms with Gasteiger partial charge in [-0.15, -0.1) is 0 Å². The fraction of sp³-hybridized carbons (Fsp3) is 0.533. The first-order chi connectivity index (χ1) is 21.1. The molecule has 14 nitrogen and oxygen atoms in total. The van der Waals surface area contributed by atoms with Gasteiger partial charge >= 0.3 is 12.2 Å². The normalized spacial score (nSPS) is 17.4. The average molecular weight is 647 g/mol. The van der Waals surface area contributed by atoms with Gasteiger partial charge in [0.1, 0.15) is 13.2 Å². The topological polar surface area (TPSA) is 184 Å². The lowest BCUT2D eigenvalue weighted by atomic mass is 9.94. The average Bonchev–Trinajstić information content (AvgIpc) is 3.39. The highest BCUT2D eigenvalue weighted by Gasteiger charge is 2.46. The molecule has 0 spiro atoms. The number of carbonyl (C=O) groups is 2. The van der Waals surface area contributed by atoms with E-state index in [2.05, 4.69) is 39.2 Å². The molecule has 3 rings (SSSR count). The number of alkyl carbamates (subject to hydrolysis) is 1. The lowest BCUT2D eigenvalue weighted by Gasteiger charge is -2.38. The van der Waals surface area contributed by atoms with Crippen molar-refractivity contribution in [3.63, 3.8) is 0 Å². The third-order valence-electron chi connectivity index (χ3n) is 8.39. The maximum absolute atomic E-state index is 13.4. The molecule has 0 bridgehead atoms. The van der Waals surface area contributed by atoms with Crippen LogP contribution < -0.4 is 5.32 Å². The number of amides is 2. The molecule has 15 heteroatoms. The number of benzene rings is 2. The Morgan fingerprint density at radius 1 is 0.978 bits per heavy atom. The Morgan fingerprint density at radius 3 is 1.96 bits per heavy atom. The van der Waals surface area contributed by atoms with Crippen LogP contribution in [0.2, 0.25) is 18.1 Å². The highest BCUT2D eigenvalue weighted by molar-refractivity contribution is 6.74. The van der Waals surface area contributed by atoms with Crippen LogP contribution in [0.4, 0.5) is 21.0 Å². The zero-order chi connectivity index (χ0) is 33.4. The fourth-order valence-electron chi connectivity index (χ4n) is 4.83. The molecule has 2 aromatic rings. The molecule has 0 radical (unpaired) electrons. The van der Waals surface area contributed by atoms with Crippen molar-refractivity contribution in [3.8, 4) is 0 Å². The fourth-order valence-corrected chi connectivity index (χ4v) is 6.19. The van der Waals surface area contributed by atoms with Gasteiger partial charge in [-0.1, -0.05) is 20.8 Å². The highest BCUT2D eigenvalue weighted by atomic mass is 28.4. The number of nitrogens with one attached hydrogen (secondary N) is 1. The molecule has 3 atom stereocenters. The van der Waals surface area contributed by atoms with Crippen molar-refractivity contribution in [1.29, 1.82) is 0 Å². The Bertz CT molecular complexity index is 1330. The van der Waals surface area contributed by atoms with Gasteiger partial charge in [-0.05, 0) is 72.3 Å². The second-order valence-electron chi connectivity index (χ2n) is 12.6. The molecule has 1 saturated heterocycles. The van der Waals surface area contributed by atoms with Gasteiger partial charge in [-0.3, -0.25) is 20.2 Å². The van der Waals surface area contributed by atoms with Crippen LogP contribution in [-0.4, -0.2) is 72.2 Å². The minimum atomic E-state index is -2.20. The second-order valence-corrected chi connectivity index (χ2v) is 17.3. The molecule has 1 aliphatic rings. The van der Waals surface area contributed by atoms with E-state index in [1.54, 1.807) is 4.90 Å². The number of likely N-dealkylation sites (tertiary alicyclic amines) is 1. The Morgan fingerprint density at radius 2 is 1.49 bits per heavy atom. The van der Waals surface area contributed by atoms with E-state index in [1.165, 1.54) is 48.5 Å². The first-order valence-corrected chi connectivity index (χ1v) is 17.6. The summed E-state index contributed by atoms with van der Waals surface area (Å²) in [6.45, 7) is 10.6. The van der Waals surface area contributed by atoms with E-state index in [0.717, 1.165) is 0 Å². The number of hydrogen-bond acceptors (Lipinski definition) is 10. The summed E-state index contributed by atoms with van der Waals surface area (Å²) in [5, 5.41) is 34.3. The Hall–Kier alpha value is -4.08. The molecule has 2 aromatic carbocycles. The van der Waals surface area contributed by atoms with Gasteiger partial charge in [-0.25, -0.2) is 9.59 Å². The van der Waals surface area contributed by atoms with E-state index in [-0.39, 0.29) is 67.8 Å². The maximum Gasteiger partial charge on any atom is 0.410 e.